The third-order valence-corrected chi connectivity index (χ3v) is 4.23. The van der Waals surface area contributed by atoms with Gasteiger partial charge in [0, 0.05) is 51.5 Å². The van der Waals surface area contributed by atoms with E-state index in [2.05, 4.69) is 22.9 Å². The number of hydrogen-bond donors (Lipinski definition) is 1. The number of carbonyl (C=O) groups excluding carboxylic acids is 1. The Morgan fingerprint density at radius 1 is 1.38 bits per heavy atom. The first-order valence-electron chi connectivity index (χ1n) is 7.82. The van der Waals surface area contributed by atoms with E-state index in [1.165, 1.54) is 5.56 Å². The van der Waals surface area contributed by atoms with Crippen LogP contribution in [0.4, 0.5) is 0 Å². The molecule has 2 heterocycles. The van der Waals surface area contributed by atoms with E-state index < -0.39 is 0 Å². The smallest absolute Gasteiger partial charge is 0.222 e. The predicted octanol–water partition coefficient (Wildman–Crippen LogP) is 1.10. The Labute approximate surface area is 127 Å². The summed E-state index contributed by atoms with van der Waals surface area (Å²) in [6, 6.07) is 4.06. The molecule has 1 saturated heterocycles. The van der Waals surface area contributed by atoms with E-state index >= 15 is 0 Å². The summed E-state index contributed by atoms with van der Waals surface area (Å²) in [6.07, 6.45) is 5.27. The number of hydrogen-bond acceptors (Lipinski definition) is 4. The molecule has 0 bridgehead atoms. The Balaban J connectivity index is 1.76. The SMILES string of the molecule is CCC(CN)CC(=O)N1CCN(Cc2cccnc2)CC1. The molecule has 0 aromatic carbocycles. The third kappa shape index (κ3) is 4.79. The molecule has 1 atom stereocenters. The number of carbonyl (C=O) groups is 1. The second kappa shape index (κ2) is 8.10. The summed E-state index contributed by atoms with van der Waals surface area (Å²) in [5.41, 5.74) is 6.91. The van der Waals surface area contributed by atoms with Gasteiger partial charge in [-0.05, 0) is 24.1 Å². The number of nitrogens with two attached hydrogens (primary N) is 1. The van der Waals surface area contributed by atoms with Crippen LogP contribution >= 0.6 is 0 Å². The zero-order valence-electron chi connectivity index (χ0n) is 12.9. The summed E-state index contributed by atoms with van der Waals surface area (Å²) in [7, 11) is 0. The number of aromatic nitrogens is 1. The second-order valence-electron chi connectivity index (χ2n) is 5.73. The summed E-state index contributed by atoms with van der Waals surface area (Å²) < 4.78 is 0. The lowest BCUT2D eigenvalue weighted by Gasteiger charge is -2.35. The first-order chi connectivity index (χ1) is 10.2. The molecule has 5 heteroatoms. The maximum Gasteiger partial charge on any atom is 0.222 e. The summed E-state index contributed by atoms with van der Waals surface area (Å²) in [5, 5.41) is 0. The van der Waals surface area contributed by atoms with Crippen LogP contribution in [-0.2, 0) is 11.3 Å². The molecule has 116 valence electrons. The van der Waals surface area contributed by atoms with Crippen molar-refractivity contribution in [3.63, 3.8) is 0 Å². The highest BCUT2D eigenvalue weighted by Crippen LogP contribution is 2.12. The minimum Gasteiger partial charge on any atom is -0.340 e. The highest BCUT2D eigenvalue weighted by atomic mass is 16.2. The largest absolute Gasteiger partial charge is 0.340 e. The molecule has 2 rings (SSSR count). The predicted molar refractivity (Wildman–Crippen MR) is 83.5 cm³/mol. The van der Waals surface area contributed by atoms with Crippen LogP contribution in [0.2, 0.25) is 0 Å². The lowest BCUT2D eigenvalue weighted by atomic mass is 10.0. The minimum atomic E-state index is 0.258. The first-order valence-corrected chi connectivity index (χ1v) is 7.82. The fourth-order valence-corrected chi connectivity index (χ4v) is 2.68. The molecular formula is C16H26N4O. The summed E-state index contributed by atoms with van der Waals surface area (Å²) in [6.45, 7) is 7.11. The lowest BCUT2D eigenvalue weighted by molar-refractivity contribution is -0.134. The zero-order chi connectivity index (χ0) is 15.1. The monoisotopic (exact) mass is 290 g/mol. The minimum absolute atomic E-state index is 0.258. The lowest BCUT2D eigenvalue weighted by Crippen LogP contribution is -2.48. The zero-order valence-corrected chi connectivity index (χ0v) is 12.9. The van der Waals surface area contributed by atoms with Gasteiger partial charge in [-0.25, -0.2) is 0 Å². The van der Waals surface area contributed by atoms with Crippen LogP contribution in [0.5, 0.6) is 0 Å². The van der Waals surface area contributed by atoms with Gasteiger partial charge >= 0.3 is 0 Å². The van der Waals surface area contributed by atoms with Crippen molar-refractivity contribution in [1.29, 1.82) is 0 Å². The van der Waals surface area contributed by atoms with E-state index in [1.807, 2.05) is 17.2 Å². The number of pyridine rings is 1. The van der Waals surface area contributed by atoms with Gasteiger partial charge in [-0.3, -0.25) is 14.7 Å². The van der Waals surface area contributed by atoms with Gasteiger partial charge in [0.2, 0.25) is 5.91 Å². The molecule has 1 aromatic rings. The molecule has 1 aliphatic heterocycles. The highest BCUT2D eigenvalue weighted by molar-refractivity contribution is 5.76. The van der Waals surface area contributed by atoms with Gasteiger partial charge in [-0.1, -0.05) is 19.4 Å². The molecule has 0 spiro atoms. The maximum atomic E-state index is 12.2. The van der Waals surface area contributed by atoms with Gasteiger partial charge in [-0.15, -0.1) is 0 Å². The Hall–Kier alpha value is -1.46. The molecule has 1 amide bonds. The van der Waals surface area contributed by atoms with Gasteiger partial charge in [-0.2, -0.15) is 0 Å². The van der Waals surface area contributed by atoms with Crippen LogP contribution in [0.3, 0.4) is 0 Å². The van der Waals surface area contributed by atoms with Crippen molar-refractivity contribution in [3.05, 3.63) is 30.1 Å². The fourth-order valence-electron chi connectivity index (χ4n) is 2.68. The van der Waals surface area contributed by atoms with Crippen molar-refractivity contribution < 1.29 is 4.79 Å². The van der Waals surface area contributed by atoms with Gasteiger partial charge in [0.05, 0.1) is 0 Å². The molecule has 21 heavy (non-hydrogen) atoms. The maximum absolute atomic E-state index is 12.2. The van der Waals surface area contributed by atoms with E-state index in [-0.39, 0.29) is 5.91 Å². The summed E-state index contributed by atoms with van der Waals surface area (Å²) in [5.74, 6) is 0.583. The third-order valence-electron chi connectivity index (χ3n) is 4.23. The van der Waals surface area contributed by atoms with Crippen molar-refractivity contribution in [2.75, 3.05) is 32.7 Å². The topological polar surface area (TPSA) is 62.5 Å². The fraction of sp³-hybridized carbons (Fsp3) is 0.625. The van der Waals surface area contributed by atoms with E-state index in [0.29, 0.717) is 18.9 Å². The molecule has 1 unspecified atom stereocenters. The number of rotatable bonds is 6. The summed E-state index contributed by atoms with van der Waals surface area (Å²) >= 11 is 0. The van der Waals surface area contributed by atoms with Crippen LogP contribution in [0.25, 0.3) is 0 Å². The van der Waals surface area contributed by atoms with Crippen molar-refractivity contribution in [2.45, 2.75) is 26.3 Å². The molecule has 1 aliphatic rings. The van der Waals surface area contributed by atoms with Crippen LogP contribution in [-0.4, -0.2) is 53.4 Å². The average Bonchev–Trinajstić information content (AvgIpc) is 2.54. The summed E-state index contributed by atoms with van der Waals surface area (Å²) in [4.78, 5) is 20.7. The Morgan fingerprint density at radius 3 is 2.71 bits per heavy atom. The van der Waals surface area contributed by atoms with Crippen molar-refractivity contribution in [3.8, 4) is 0 Å². The second-order valence-corrected chi connectivity index (χ2v) is 5.73. The Kier molecular flexibility index (Phi) is 6.14. The molecule has 0 aliphatic carbocycles. The molecule has 1 aromatic heterocycles. The van der Waals surface area contributed by atoms with Gasteiger partial charge in [0.25, 0.3) is 0 Å². The standard InChI is InChI=1S/C16H26N4O/c1-2-14(11-17)10-16(21)20-8-6-19(7-9-20)13-15-4-3-5-18-12-15/h3-5,12,14H,2,6-11,13,17H2,1H3. The Bertz CT molecular complexity index is 425. The van der Waals surface area contributed by atoms with E-state index in [4.69, 9.17) is 5.73 Å². The van der Waals surface area contributed by atoms with Gasteiger partial charge in [0.15, 0.2) is 0 Å². The normalized spacial score (nSPS) is 17.7. The molecule has 0 radical (unpaired) electrons. The van der Waals surface area contributed by atoms with Crippen molar-refractivity contribution in [1.82, 2.24) is 14.8 Å². The van der Waals surface area contributed by atoms with Crippen LogP contribution in [0.1, 0.15) is 25.3 Å². The van der Waals surface area contributed by atoms with Crippen LogP contribution in [0, 0.1) is 5.92 Å². The molecule has 1 fully saturated rings. The van der Waals surface area contributed by atoms with Crippen LogP contribution in [0.15, 0.2) is 24.5 Å². The van der Waals surface area contributed by atoms with Crippen molar-refractivity contribution >= 4 is 5.91 Å². The Morgan fingerprint density at radius 2 is 2.14 bits per heavy atom. The molecule has 0 saturated carbocycles. The number of nitrogens with zero attached hydrogens (tertiary/aromatic N) is 3. The highest BCUT2D eigenvalue weighted by Gasteiger charge is 2.22. The van der Waals surface area contributed by atoms with E-state index in [0.717, 1.165) is 39.1 Å². The number of amides is 1. The van der Waals surface area contributed by atoms with Gasteiger partial charge < -0.3 is 10.6 Å². The average molecular weight is 290 g/mol. The molecular weight excluding hydrogens is 264 g/mol. The van der Waals surface area contributed by atoms with Gasteiger partial charge in [0.1, 0.15) is 0 Å². The molecule has 5 nitrogen and oxygen atoms in total. The first kappa shape index (κ1) is 15.9. The van der Waals surface area contributed by atoms with Crippen LogP contribution < -0.4 is 5.73 Å². The van der Waals surface area contributed by atoms with E-state index in [1.54, 1.807) is 6.20 Å². The molecule has 2 N–H and O–H groups in total. The van der Waals surface area contributed by atoms with E-state index in [9.17, 15) is 4.79 Å². The van der Waals surface area contributed by atoms with Crippen molar-refractivity contribution in [2.24, 2.45) is 11.7 Å². The number of piperazine rings is 1. The quantitative estimate of drug-likeness (QED) is 0.852.